The van der Waals surface area contributed by atoms with Crippen LogP contribution in [0.15, 0.2) is 0 Å². The van der Waals surface area contributed by atoms with Crippen molar-refractivity contribution in [2.24, 2.45) is 5.92 Å². The van der Waals surface area contributed by atoms with Gasteiger partial charge in [-0.3, -0.25) is 4.79 Å². The molecule has 0 bridgehead atoms. The monoisotopic (exact) mass is 254 g/mol. The van der Waals surface area contributed by atoms with Gasteiger partial charge in [0.25, 0.3) is 0 Å². The molecular weight excluding hydrogens is 228 g/mol. The van der Waals surface area contributed by atoms with Crippen LogP contribution in [-0.2, 0) is 9.53 Å². The molecule has 0 aromatic heterocycles. The van der Waals surface area contributed by atoms with Gasteiger partial charge in [-0.2, -0.15) is 0 Å². The second-order valence-corrected chi connectivity index (χ2v) is 5.55. The zero-order valence-electron chi connectivity index (χ0n) is 11.4. The molecule has 0 aromatic carbocycles. The topological polar surface area (TPSA) is 50.4 Å². The molecule has 1 saturated carbocycles. The lowest BCUT2D eigenvalue weighted by atomic mass is 9.80. The predicted octanol–water partition coefficient (Wildman–Crippen LogP) is 1.45. The van der Waals surface area contributed by atoms with Gasteiger partial charge in [0.2, 0.25) is 5.91 Å². The SMILES string of the molecule is CCOC1CC(CC(=O)NCCC2CCCN2)C1. The van der Waals surface area contributed by atoms with Crippen molar-refractivity contribution in [3.8, 4) is 0 Å². The average molecular weight is 254 g/mol. The molecule has 0 radical (unpaired) electrons. The maximum atomic E-state index is 11.7. The molecule has 104 valence electrons. The van der Waals surface area contributed by atoms with Crippen molar-refractivity contribution in [2.75, 3.05) is 19.7 Å². The molecule has 1 amide bonds. The Morgan fingerprint density at radius 3 is 2.94 bits per heavy atom. The van der Waals surface area contributed by atoms with Gasteiger partial charge in [0.15, 0.2) is 0 Å². The Bertz CT molecular complexity index is 259. The Labute approximate surface area is 110 Å². The van der Waals surface area contributed by atoms with Gasteiger partial charge in [0, 0.05) is 25.6 Å². The molecule has 4 heteroatoms. The van der Waals surface area contributed by atoms with Crippen molar-refractivity contribution in [2.45, 2.75) is 57.6 Å². The largest absolute Gasteiger partial charge is 0.378 e. The summed E-state index contributed by atoms with van der Waals surface area (Å²) in [4.78, 5) is 11.7. The minimum Gasteiger partial charge on any atom is -0.378 e. The lowest BCUT2D eigenvalue weighted by Crippen LogP contribution is -2.36. The molecule has 18 heavy (non-hydrogen) atoms. The third kappa shape index (κ3) is 4.25. The highest BCUT2D eigenvalue weighted by molar-refractivity contribution is 5.76. The van der Waals surface area contributed by atoms with E-state index in [4.69, 9.17) is 4.74 Å². The van der Waals surface area contributed by atoms with Crippen LogP contribution in [0.3, 0.4) is 0 Å². The highest BCUT2D eigenvalue weighted by Gasteiger charge is 2.30. The number of carbonyl (C=O) groups is 1. The molecular formula is C14H26N2O2. The van der Waals surface area contributed by atoms with Gasteiger partial charge in [0.05, 0.1) is 6.10 Å². The zero-order chi connectivity index (χ0) is 12.8. The van der Waals surface area contributed by atoms with Gasteiger partial charge in [-0.25, -0.2) is 0 Å². The van der Waals surface area contributed by atoms with Crippen molar-refractivity contribution in [3.05, 3.63) is 0 Å². The van der Waals surface area contributed by atoms with Crippen LogP contribution in [-0.4, -0.2) is 37.7 Å². The van der Waals surface area contributed by atoms with E-state index in [2.05, 4.69) is 10.6 Å². The average Bonchev–Trinajstić information content (AvgIpc) is 2.79. The third-order valence-electron chi connectivity index (χ3n) is 4.05. The first-order valence-corrected chi connectivity index (χ1v) is 7.39. The van der Waals surface area contributed by atoms with E-state index in [1.807, 2.05) is 6.92 Å². The van der Waals surface area contributed by atoms with Gasteiger partial charge >= 0.3 is 0 Å². The fraction of sp³-hybridized carbons (Fsp3) is 0.929. The third-order valence-corrected chi connectivity index (χ3v) is 4.05. The molecule has 1 aliphatic carbocycles. The molecule has 2 N–H and O–H groups in total. The highest BCUT2D eigenvalue weighted by atomic mass is 16.5. The molecule has 2 aliphatic rings. The van der Waals surface area contributed by atoms with E-state index in [9.17, 15) is 4.79 Å². The van der Waals surface area contributed by atoms with E-state index in [0.29, 0.717) is 24.5 Å². The minimum atomic E-state index is 0.216. The number of hydrogen-bond acceptors (Lipinski definition) is 3. The Balaban J connectivity index is 1.48. The van der Waals surface area contributed by atoms with Crippen molar-refractivity contribution in [1.82, 2.24) is 10.6 Å². The zero-order valence-corrected chi connectivity index (χ0v) is 11.4. The van der Waals surface area contributed by atoms with E-state index in [1.54, 1.807) is 0 Å². The standard InChI is InChI=1S/C14H26N2O2/c1-2-18-13-8-11(9-13)10-14(17)16-7-5-12-4-3-6-15-12/h11-13,15H,2-10H2,1H3,(H,16,17). The summed E-state index contributed by atoms with van der Waals surface area (Å²) in [6, 6.07) is 0.622. The van der Waals surface area contributed by atoms with Crippen molar-refractivity contribution < 1.29 is 9.53 Å². The molecule has 1 atom stereocenters. The fourth-order valence-corrected chi connectivity index (χ4v) is 2.94. The first-order valence-electron chi connectivity index (χ1n) is 7.39. The maximum Gasteiger partial charge on any atom is 0.220 e. The quantitative estimate of drug-likeness (QED) is 0.723. The van der Waals surface area contributed by atoms with Crippen LogP contribution in [0.2, 0.25) is 0 Å². The van der Waals surface area contributed by atoms with Crippen LogP contribution in [0.1, 0.15) is 45.4 Å². The molecule has 1 unspecified atom stereocenters. The molecule has 0 spiro atoms. The van der Waals surface area contributed by atoms with Crippen LogP contribution in [0.4, 0.5) is 0 Å². The van der Waals surface area contributed by atoms with Crippen LogP contribution in [0, 0.1) is 5.92 Å². The maximum absolute atomic E-state index is 11.7. The van der Waals surface area contributed by atoms with E-state index in [-0.39, 0.29) is 5.91 Å². The Kier molecular flexibility index (Phi) is 5.45. The van der Waals surface area contributed by atoms with Crippen LogP contribution in [0.5, 0.6) is 0 Å². The number of ether oxygens (including phenoxy) is 1. The van der Waals surface area contributed by atoms with Crippen molar-refractivity contribution >= 4 is 5.91 Å². The first-order chi connectivity index (χ1) is 8.78. The Morgan fingerprint density at radius 1 is 1.44 bits per heavy atom. The molecule has 0 aromatic rings. The summed E-state index contributed by atoms with van der Waals surface area (Å²) in [7, 11) is 0. The summed E-state index contributed by atoms with van der Waals surface area (Å²) in [5.41, 5.74) is 0. The van der Waals surface area contributed by atoms with E-state index in [1.165, 1.54) is 12.8 Å². The summed E-state index contributed by atoms with van der Waals surface area (Å²) in [6.07, 6.45) is 6.82. The van der Waals surface area contributed by atoms with E-state index < -0.39 is 0 Å². The van der Waals surface area contributed by atoms with Crippen LogP contribution >= 0.6 is 0 Å². The van der Waals surface area contributed by atoms with Crippen molar-refractivity contribution in [3.63, 3.8) is 0 Å². The second-order valence-electron chi connectivity index (χ2n) is 5.55. The molecule has 1 saturated heterocycles. The summed E-state index contributed by atoms with van der Waals surface area (Å²) >= 11 is 0. The molecule has 2 fully saturated rings. The summed E-state index contributed by atoms with van der Waals surface area (Å²) in [6.45, 7) is 4.77. The smallest absolute Gasteiger partial charge is 0.220 e. The van der Waals surface area contributed by atoms with Gasteiger partial charge in [-0.1, -0.05) is 0 Å². The normalized spacial score (nSPS) is 31.1. The van der Waals surface area contributed by atoms with Crippen LogP contribution in [0.25, 0.3) is 0 Å². The number of carbonyl (C=O) groups excluding carboxylic acids is 1. The van der Waals surface area contributed by atoms with Gasteiger partial charge < -0.3 is 15.4 Å². The van der Waals surface area contributed by atoms with Gasteiger partial charge in [0.1, 0.15) is 0 Å². The lowest BCUT2D eigenvalue weighted by molar-refractivity contribution is -0.124. The molecule has 1 heterocycles. The van der Waals surface area contributed by atoms with Gasteiger partial charge in [-0.15, -0.1) is 0 Å². The fourth-order valence-electron chi connectivity index (χ4n) is 2.94. The highest BCUT2D eigenvalue weighted by Crippen LogP contribution is 2.32. The lowest BCUT2D eigenvalue weighted by Gasteiger charge is -2.34. The molecule has 1 aliphatic heterocycles. The second kappa shape index (κ2) is 7.10. The van der Waals surface area contributed by atoms with E-state index >= 15 is 0 Å². The molecule has 4 nitrogen and oxygen atoms in total. The predicted molar refractivity (Wildman–Crippen MR) is 71.4 cm³/mol. The van der Waals surface area contributed by atoms with Gasteiger partial charge in [-0.05, 0) is 51.5 Å². The number of nitrogens with one attached hydrogen (secondary N) is 2. The van der Waals surface area contributed by atoms with Crippen molar-refractivity contribution in [1.29, 1.82) is 0 Å². The Morgan fingerprint density at radius 2 is 2.28 bits per heavy atom. The van der Waals surface area contributed by atoms with E-state index in [0.717, 1.165) is 39.0 Å². The minimum absolute atomic E-state index is 0.216. The Hall–Kier alpha value is -0.610. The first kappa shape index (κ1) is 13.8. The number of rotatable bonds is 7. The summed E-state index contributed by atoms with van der Waals surface area (Å²) in [5, 5.41) is 6.48. The summed E-state index contributed by atoms with van der Waals surface area (Å²) < 4.78 is 5.50. The van der Waals surface area contributed by atoms with Crippen LogP contribution < -0.4 is 10.6 Å². The summed E-state index contributed by atoms with van der Waals surface area (Å²) in [5.74, 6) is 0.763. The number of hydrogen-bond donors (Lipinski definition) is 2. The molecule has 2 rings (SSSR count). The number of amides is 1.